The number of nitrogens with one attached hydrogen (secondary N) is 1. The van der Waals surface area contributed by atoms with Gasteiger partial charge in [0.05, 0.1) is 25.5 Å². The zero-order valence-electron chi connectivity index (χ0n) is 21.1. The number of ether oxygens (including phenoxy) is 3. The summed E-state index contributed by atoms with van der Waals surface area (Å²) in [6.45, 7) is 6.93. The van der Waals surface area contributed by atoms with Crippen molar-refractivity contribution in [2.45, 2.75) is 64.2 Å². The Kier molecular flexibility index (Phi) is 9.56. The van der Waals surface area contributed by atoms with E-state index >= 15 is 0 Å². The number of halogens is 5. The van der Waals surface area contributed by atoms with Crippen LogP contribution in [0.4, 0.5) is 25.1 Å². The van der Waals surface area contributed by atoms with Crippen LogP contribution in [0, 0.1) is 0 Å². The number of benzene rings is 2. The Morgan fingerprint density at radius 1 is 0.811 bits per heavy atom. The van der Waals surface area contributed by atoms with Gasteiger partial charge < -0.3 is 24.6 Å². The van der Waals surface area contributed by atoms with Crippen molar-refractivity contribution in [1.82, 2.24) is 0 Å². The molecule has 2 aromatic carbocycles. The normalized spacial score (nSPS) is 13.4. The van der Waals surface area contributed by atoms with Gasteiger partial charge in [0, 0.05) is 5.56 Å². The summed E-state index contributed by atoms with van der Waals surface area (Å²) in [5, 5.41) is 12.0. The van der Waals surface area contributed by atoms with Gasteiger partial charge in [0.25, 0.3) is 5.91 Å². The highest BCUT2D eigenvalue weighted by molar-refractivity contribution is 8.45. The van der Waals surface area contributed by atoms with Gasteiger partial charge in [0.2, 0.25) is 5.75 Å². The van der Waals surface area contributed by atoms with Crippen LogP contribution in [0.5, 0.6) is 23.0 Å². The number of amides is 1. The molecule has 0 saturated carbocycles. The van der Waals surface area contributed by atoms with E-state index in [1.807, 2.05) is 20.8 Å². The number of phenols is 1. The average Bonchev–Trinajstić information content (AvgIpc) is 2.80. The standard InChI is InChI=1S/C25H34F5NO5S/c1-4-7-12-34-22-15-18(16-23(35-13-8-5-2)24(22)36-14-9-6-3)25(33)31-20-17-19(10-11-21(20)32)37(26,27,28,29)30/h10-11,15-17,32H,4-9,12-14H2,1-3H3,(H,31,33). The lowest BCUT2D eigenvalue weighted by molar-refractivity contribution is 0.102. The van der Waals surface area contributed by atoms with Crippen molar-refractivity contribution in [3.8, 4) is 23.0 Å². The molecule has 0 fully saturated rings. The summed E-state index contributed by atoms with van der Waals surface area (Å²) in [5.74, 6) is -1.07. The predicted octanol–water partition coefficient (Wildman–Crippen LogP) is 8.84. The fraction of sp³-hybridized carbons (Fsp3) is 0.480. The highest BCUT2D eigenvalue weighted by atomic mass is 32.5. The van der Waals surface area contributed by atoms with Gasteiger partial charge in [-0.2, -0.15) is 0 Å². The maximum atomic E-state index is 13.3. The number of hydrogen-bond donors (Lipinski definition) is 2. The Bertz CT molecular complexity index is 1050. The first-order valence-corrected chi connectivity index (χ1v) is 14.1. The summed E-state index contributed by atoms with van der Waals surface area (Å²) in [4.78, 5) is 10.8. The van der Waals surface area contributed by atoms with Crippen LogP contribution in [-0.4, -0.2) is 30.8 Å². The molecule has 0 aliphatic heterocycles. The van der Waals surface area contributed by atoms with E-state index < -0.39 is 32.5 Å². The first-order chi connectivity index (χ1) is 17.2. The Hall–Kier alpha value is -2.89. The van der Waals surface area contributed by atoms with Crippen LogP contribution in [0.25, 0.3) is 0 Å². The van der Waals surface area contributed by atoms with Crippen molar-refractivity contribution < 1.29 is 43.5 Å². The van der Waals surface area contributed by atoms with Crippen LogP contribution in [-0.2, 0) is 0 Å². The molecule has 0 bridgehead atoms. The lowest BCUT2D eigenvalue weighted by Crippen LogP contribution is -2.15. The van der Waals surface area contributed by atoms with Crippen molar-refractivity contribution in [3.63, 3.8) is 0 Å². The van der Waals surface area contributed by atoms with Gasteiger partial charge in [-0.3, -0.25) is 4.79 Å². The molecule has 0 radical (unpaired) electrons. The quantitative estimate of drug-likeness (QED) is 0.130. The minimum absolute atomic E-state index is 0.00827. The molecule has 37 heavy (non-hydrogen) atoms. The molecule has 0 saturated heterocycles. The van der Waals surface area contributed by atoms with Crippen LogP contribution in [0.3, 0.4) is 0 Å². The monoisotopic (exact) mass is 555 g/mol. The SMILES string of the molecule is CCCCOc1cc(C(=O)Nc2cc(S(F)(F)(F)(F)F)ccc2O)cc(OCCCC)c1OCCCC. The van der Waals surface area contributed by atoms with E-state index in [4.69, 9.17) is 14.2 Å². The Balaban J connectivity index is 2.48. The van der Waals surface area contributed by atoms with Crippen LogP contribution in [0.15, 0.2) is 35.2 Å². The molecule has 0 unspecified atom stereocenters. The summed E-state index contributed by atoms with van der Waals surface area (Å²) in [5.41, 5.74) is -0.904. The van der Waals surface area contributed by atoms with Gasteiger partial charge in [-0.15, -0.1) is 0 Å². The number of carbonyl (C=O) groups is 1. The summed E-state index contributed by atoms with van der Waals surface area (Å²) in [7, 11) is -10.0. The molecule has 0 aromatic heterocycles. The van der Waals surface area contributed by atoms with E-state index in [9.17, 15) is 29.3 Å². The molecule has 0 aliphatic rings. The maximum absolute atomic E-state index is 13.3. The molecule has 12 heteroatoms. The van der Waals surface area contributed by atoms with Crippen LogP contribution < -0.4 is 19.5 Å². The van der Waals surface area contributed by atoms with E-state index in [-0.39, 0.29) is 29.2 Å². The second-order valence-corrected chi connectivity index (χ2v) is 10.9. The molecule has 0 spiro atoms. The van der Waals surface area contributed by atoms with Crippen molar-refractivity contribution >= 4 is 21.8 Å². The first-order valence-electron chi connectivity index (χ1n) is 12.1. The maximum Gasteiger partial charge on any atom is 0.310 e. The van der Waals surface area contributed by atoms with E-state index in [0.717, 1.165) is 25.7 Å². The average molecular weight is 556 g/mol. The second-order valence-electron chi connectivity index (χ2n) is 8.51. The number of phenolic OH excluding ortho intramolecular Hbond substituents is 1. The number of anilines is 1. The minimum Gasteiger partial charge on any atom is -0.506 e. The van der Waals surface area contributed by atoms with Gasteiger partial charge in [-0.05, 0) is 49.6 Å². The van der Waals surface area contributed by atoms with Crippen molar-refractivity contribution in [2.24, 2.45) is 0 Å². The molecule has 2 rings (SSSR count). The van der Waals surface area contributed by atoms with Crippen molar-refractivity contribution in [3.05, 3.63) is 35.9 Å². The molecule has 210 valence electrons. The summed E-state index contributed by atoms with van der Waals surface area (Å²) in [6, 6.07) is 3.20. The molecule has 6 nitrogen and oxygen atoms in total. The third-order valence-electron chi connectivity index (χ3n) is 5.20. The number of unbranched alkanes of at least 4 members (excludes halogenated alkanes) is 3. The summed E-state index contributed by atoms with van der Waals surface area (Å²) < 4.78 is 83.8. The second kappa shape index (κ2) is 11.7. The fourth-order valence-corrected chi connectivity index (χ4v) is 3.75. The van der Waals surface area contributed by atoms with Crippen molar-refractivity contribution in [1.29, 1.82) is 0 Å². The molecule has 2 aromatic rings. The van der Waals surface area contributed by atoms with E-state index in [1.165, 1.54) is 12.1 Å². The molecule has 0 atom stereocenters. The van der Waals surface area contributed by atoms with Crippen molar-refractivity contribution in [2.75, 3.05) is 25.1 Å². The summed E-state index contributed by atoms with van der Waals surface area (Å²) in [6.07, 6.45) is 4.74. The Morgan fingerprint density at radius 2 is 1.30 bits per heavy atom. The zero-order chi connectivity index (χ0) is 27.8. The molecule has 0 heterocycles. The van der Waals surface area contributed by atoms with Gasteiger partial charge in [-0.1, -0.05) is 59.5 Å². The Morgan fingerprint density at radius 3 is 1.76 bits per heavy atom. The third-order valence-corrected chi connectivity index (χ3v) is 6.34. The molecular weight excluding hydrogens is 521 g/mol. The Labute approximate surface area is 213 Å². The first kappa shape index (κ1) is 30.3. The molecule has 1 amide bonds. The molecular formula is C25H34F5NO5S. The fourth-order valence-electron chi connectivity index (χ4n) is 3.09. The summed E-state index contributed by atoms with van der Waals surface area (Å²) >= 11 is 0. The highest BCUT2D eigenvalue weighted by Crippen LogP contribution is 3.02. The molecule has 0 aliphatic carbocycles. The lowest BCUT2D eigenvalue weighted by atomic mass is 10.1. The minimum atomic E-state index is -10.0. The molecule has 2 N–H and O–H groups in total. The highest BCUT2D eigenvalue weighted by Gasteiger charge is 2.65. The van der Waals surface area contributed by atoms with Crippen LogP contribution >= 0.6 is 10.2 Å². The zero-order valence-corrected chi connectivity index (χ0v) is 21.9. The van der Waals surface area contributed by atoms with Gasteiger partial charge >= 0.3 is 10.2 Å². The smallest absolute Gasteiger partial charge is 0.310 e. The van der Waals surface area contributed by atoms with Gasteiger partial charge in [0.1, 0.15) is 10.6 Å². The van der Waals surface area contributed by atoms with Gasteiger partial charge in [-0.25, -0.2) is 0 Å². The topological polar surface area (TPSA) is 77.0 Å². The predicted molar refractivity (Wildman–Crippen MR) is 135 cm³/mol. The number of carbonyl (C=O) groups excluding carboxylic acids is 1. The van der Waals surface area contributed by atoms with Crippen LogP contribution in [0.1, 0.15) is 69.7 Å². The van der Waals surface area contributed by atoms with Crippen LogP contribution in [0.2, 0.25) is 0 Å². The van der Waals surface area contributed by atoms with E-state index in [2.05, 4.69) is 5.32 Å². The largest absolute Gasteiger partial charge is 0.506 e. The lowest BCUT2D eigenvalue weighted by Gasteiger charge is -2.40. The van der Waals surface area contributed by atoms with Gasteiger partial charge in [0.15, 0.2) is 11.5 Å². The van der Waals surface area contributed by atoms with E-state index in [1.54, 1.807) is 0 Å². The van der Waals surface area contributed by atoms with E-state index in [0.29, 0.717) is 44.5 Å². The third kappa shape index (κ3) is 9.17. The number of aromatic hydroxyl groups is 1. The number of hydrogen-bond acceptors (Lipinski definition) is 5. The number of rotatable bonds is 15.